The van der Waals surface area contributed by atoms with Crippen molar-refractivity contribution < 1.29 is 0 Å². The van der Waals surface area contributed by atoms with Crippen LogP contribution in [0.2, 0.25) is 0 Å². The maximum atomic E-state index is 3.65. The van der Waals surface area contributed by atoms with E-state index >= 15 is 0 Å². The maximum absolute atomic E-state index is 3.65. The van der Waals surface area contributed by atoms with Crippen LogP contribution in [-0.4, -0.2) is 24.0 Å². The zero-order valence-electron chi connectivity index (χ0n) is 28.3. The summed E-state index contributed by atoms with van der Waals surface area (Å²) in [6.45, 7) is 17.4. The summed E-state index contributed by atoms with van der Waals surface area (Å²) in [5, 5.41) is 0. The summed E-state index contributed by atoms with van der Waals surface area (Å²) in [5.41, 5.74) is 17.5. The van der Waals surface area contributed by atoms with Crippen LogP contribution in [0.1, 0.15) is 57.3 Å². The molecule has 0 radical (unpaired) electrons. The lowest BCUT2D eigenvalue weighted by molar-refractivity contribution is 0.201. The molecule has 0 amide bonds. The van der Waals surface area contributed by atoms with Crippen molar-refractivity contribution >= 4 is 21.6 Å². The van der Waals surface area contributed by atoms with Gasteiger partial charge in [-0.1, -0.05) is 76.6 Å². The minimum Gasteiger partial charge on any atom is -0.364 e. The second-order valence-corrected chi connectivity index (χ2v) is 14.4. The van der Waals surface area contributed by atoms with Gasteiger partial charge in [-0.25, -0.2) is 0 Å². The molecule has 0 aromatic heterocycles. The van der Waals surface area contributed by atoms with E-state index in [1.165, 1.54) is 72.4 Å². The van der Waals surface area contributed by atoms with E-state index in [0.29, 0.717) is 6.04 Å². The molecule has 0 atom stereocenters. The molecule has 0 aliphatic carbocycles. The summed E-state index contributed by atoms with van der Waals surface area (Å²) >= 11 is 3.65. The Balaban J connectivity index is 1.17. The van der Waals surface area contributed by atoms with Crippen LogP contribution < -0.4 is 4.90 Å². The van der Waals surface area contributed by atoms with Crippen molar-refractivity contribution in [1.82, 2.24) is 4.90 Å². The monoisotopic (exact) mass is 670 g/mol. The first-order chi connectivity index (χ1) is 22.1. The highest BCUT2D eigenvalue weighted by Gasteiger charge is 2.25. The molecular formula is C43H47BrN2. The fourth-order valence-electron chi connectivity index (χ4n) is 7.01. The van der Waals surface area contributed by atoms with Gasteiger partial charge < -0.3 is 4.90 Å². The van der Waals surface area contributed by atoms with Gasteiger partial charge in [0, 0.05) is 42.4 Å². The SMILES string of the molecule is Cc1cc(-c2cccc(CN3CCC(N(Cc4cccc(-c5cc(C)c(C)c(C)c5)c4)c4ccc(Br)cc4)CC3)c2)cc(C)c1C. The molecule has 236 valence electrons. The van der Waals surface area contributed by atoms with Gasteiger partial charge in [-0.3, -0.25) is 4.90 Å². The molecule has 1 heterocycles. The lowest BCUT2D eigenvalue weighted by Gasteiger charge is -2.40. The Morgan fingerprint density at radius 1 is 0.587 bits per heavy atom. The van der Waals surface area contributed by atoms with Crippen molar-refractivity contribution in [3.63, 3.8) is 0 Å². The van der Waals surface area contributed by atoms with Crippen molar-refractivity contribution in [2.45, 2.75) is 73.5 Å². The standard InChI is InChI=1S/C43H47BrN2/c1-29-21-39(22-30(2)33(29)5)37-11-7-9-35(25-37)27-45-19-17-43(18-20-45)46(42-15-13-41(44)14-16-42)28-36-10-8-12-38(26-36)40-23-31(3)34(6)32(4)24-40/h7-16,21-26,43H,17-20,27-28H2,1-6H3. The zero-order chi connectivity index (χ0) is 32.4. The van der Waals surface area contributed by atoms with Crippen LogP contribution in [0.25, 0.3) is 22.3 Å². The van der Waals surface area contributed by atoms with E-state index in [1.807, 2.05) is 0 Å². The highest BCUT2D eigenvalue weighted by Crippen LogP contribution is 2.31. The Morgan fingerprint density at radius 3 is 1.59 bits per heavy atom. The van der Waals surface area contributed by atoms with Crippen LogP contribution in [0, 0.1) is 41.5 Å². The fourth-order valence-corrected chi connectivity index (χ4v) is 7.28. The van der Waals surface area contributed by atoms with Gasteiger partial charge in [0.2, 0.25) is 0 Å². The molecule has 1 aliphatic heterocycles. The van der Waals surface area contributed by atoms with Gasteiger partial charge in [-0.2, -0.15) is 0 Å². The van der Waals surface area contributed by atoms with E-state index in [9.17, 15) is 0 Å². The number of halogens is 1. The Kier molecular flexibility index (Phi) is 9.82. The number of piperidine rings is 1. The van der Waals surface area contributed by atoms with E-state index in [2.05, 4.69) is 164 Å². The molecule has 1 saturated heterocycles. The summed E-state index contributed by atoms with van der Waals surface area (Å²) in [6.07, 6.45) is 2.31. The van der Waals surface area contributed by atoms with Crippen LogP contribution in [0.4, 0.5) is 5.69 Å². The lowest BCUT2D eigenvalue weighted by Crippen LogP contribution is -2.44. The number of hydrogen-bond acceptors (Lipinski definition) is 2. The first-order valence-corrected chi connectivity index (χ1v) is 17.5. The average Bonchev–Trinajstić information content (AvgIpc) is 3.06. The lowest BCUT2D eigenvalue weighted by atomic mass is 9.95. The van der Waals surface area contributed by atoms with E-state index in [-0.39, 0.29) is 0 Å². The number of benzene rings is 5. The molecule has 3 heteroatoms. The smallest absolute Gasteiger partial charge is 0.0432 e. The number of anilines is 1. The van der Waals surface area contributed by atoms with E-state index in [1.54, 1.807) is 0 Å². The van der Waals surface area contributed by atoms with Crippen LogP contribution in [0.3, 0.4) is 0 Å². The Bertz CT molecular complexity index is 1780. The zero-order valence-corrected chi connectivity index (χ0v) is 29.9. The van der Waals surface area contributed by atoms with Gasteiger partial charge >= 0.3 is 0 Å². The topological polar surface area (TPSA) is 6.48 Å². The van der Waals surface area contributed by atoms with Crippen molar-refractivity contribution in [1.29, 1.82) is 0 Å². The highest BCUT2D eigenvalue weighted by molar-refractivity contribution is 9.10. The second-order valence-electron chi connectivity index (χ2n) is 13.5. The van der Waals surface area contributed by atoms with Crippen LogP contribution in [-0.2, 0) is 13.1 Å². The van der Waals surface area contributed by atoms with E-state index in [0.717, 1.165) is 43.5 Å². The van der Waals surface area contributed by atoms with Crippen LogP contribution in [0.5, 0.6) is 0 Å². The summed E-state index contributed by atoms with van der Waals surface area (Å²) in [7, 11) is 0. The first kappa shape index (κ1) is 32.3. The van der Waals surface area contributed by atoms with Gasteiger partial charge in [0.15, 0.2) is 0 Å². The Labute approximate surface area is 285 Å². The minimum atomic E-state index is 0.495. The predicted molar refractivity (Wildman–Crippen MR) is 201 cm³/mol. The first-order valence-electron chi connectivity index (χ1n) is 16.7. The van der Waals surface area contributed by atoms with Gasteiger partial charge in [-0.05, 0) is 158 Å². The third-order valence-electron chi connectivity index (χ3n) is 10.3. The molecule has 0 N–H and O–H groups in total. The van der Waals surface area contributed by atoms with Crippen molar-refractivity contribution in [3.05, 3.63) is 146 Å². The van der Waals surface area contributed by atoms with Gasteiger partial charge in [-0.15, -0.1) is 0 Å². The molecule has 1 aliphatic rings. The third-order valence-corrected chi connectivity index (χ3v) is 10.8. The predicted octanol–water partition coefficient (Wildman–Crippen LogP) is 11.3. The van der Waals surface area contributed by atoms with Gasteiger partial charge in [0.1, 0.15) is 0 Å². The molecule has 5 aromatic rings. The molecule has 0 unspecified atom stereocenters. The minimum absolute atomic E-state index is 0.495. The molecule has 1 fully saturated rings. The Morgan fingerprint density at radius 2 is 1.07 bits per heavy atom. The number of nitrogens with zero attached hydrogens (tertiary/aromatic N) is 2. The third kappa shape index (κ3) is 7.32. The largest absolute Gasteiger partial charge is 0.364 e. The summed E-state index contributed by atoms with van der Waals surface area (Å²) < 4.78 is 1.12. The quantitative estimate of drug-likeness (QED) is 0.162. The van der Waals surface area contributed by atoms with Crippen molar-refractivity contribution in [2.24, 2.45) is 0 Å². The molecule has 0 bridgehead atoms. The molecule has 2 nitrogen and oxygen atoms in total. The number of likely N-dealkylation sites (tertiary alicyclic amines) is 1. The van der Waals surface area contributed by atoms with Crippen LogP contribution >= 0.6 is 15.9 Å². The maximum Gasteiger partial charge on any atom is 0.0432 e. The molecule has 6 rings (SSSR count). The fraction of sp³-hybridized carbons (Fsp3) is 0.302. The average molecular weight is 672 g/mol. The molecule has 0 saturated carbocycles. The van der Waals surface area contributed by atoms with Crippen molar-refractivity contribution in [3.8, 4) is 22.3 Å². The van der Waals surface area contributed by atoms with E-state index < -0.39 is 0 Å². The summed E-state index contributed by atoms with van der Waals surface area (Å²) in [5.74, 6) is 0. The highest BCUT2D eigenvalue weighted by atomic mass is 79.9. The van der Waals surface area contributed by atoms with Gasteiger partial charge in [0.25, 0.3) is 0 Å². The number of hydrogen-bond donors (Lipinski definition) is 0. The molecule has 46 heavy (non-hydrogen) atoms. The number of aryl methyl sites for hydroxylation is 4. The normalized spacial score (nSPS) is 14.1. The summed E-state index contributed by atoms with van der Waals surface area (Å²) in [4.78, 5) is 5.29. The van der Waals surface area contributed by atoms with Gasteiger partial charge in [0.05, 0.1) is 0 Å². The molecular weight excluding hydrogens is 624 g/mol. The number of rotatable bonds is 8. The second kappa shape index (κ2) is 14.0. The Hall–Kier alpha value is -3.66. The van der Waals surface area contributed by atoms with E-state index in [4.69, 9.17) is 0 Å². The summed E-state index contributed by atoms with van der Waals surface area (Å²) in [6, 6.07) is 37.1. The molecule has 5 aromatic carbocycles. The van der Waals surface area contributed by atoms with Crippen LogP contribution in [0.15, 0.2) is 102 Å². The van der Waals surface area contributed by atoms with Crippen molar-refractivity contribution in [2.75, 3.05) is 18.0 Å². The molecule has 0 spiro atoms.